The fraction of sp³-hybridized carbons (Fsp3) is 0.500. The van der Waals surface area contributed by atoms with E-state index < -0.39 is 0 Å². The Morgan fingerprint density at radius 1 is 1.24 bits per heavy atom. The van der Waals surface area contributed by atoms with Crippen molar-refractivity contribution < 1.29 is 9.28 Å². The molecule has 1 amide bonds. The van der Waals surface area contributed by atoms with E-state index in [1.165, 1.54) is 0 Å². The summed E-state index contributed by atoms with van der Waals surface area (Å²) in [5.41, 5.74) is 1.96. The molecule has 0 bridgehead atoms. The van der Waals surface area contributed by atoms with E-state index in [4.69, 9.17) is 0 Å². The Bertz CT molecular complexity index is 416. The highest BCUT2D eigenvalue weighted by molar-refractivity contribution is 5.94. The van der Waals surface area contributed by atoms with Gasteiger partial charge in [0.15, 0.2) is 0 Å². The van der Waals surface area contributed by atoms with Gasteiger partial charge >= 0.3 is 0 Å². The number of nitrogens with zero attached hydrogens (tertiary/aromatic N) is 2. The number of carbonyl (C=O) groups is 1. The number of quaternary nitrogens is 1. The van der Waals surface area contributed by atoms with Crippen molar-refractivity contribution in [3.8, 4) is 0 Å². The van der Waals surface area contributed by atoms with E-state index in [0.717, 1.165) is 41.8 Å². The van der Waals surface area contributed by atoms with Gasteiger partial charge in [0.2, 0.25) is 0 Å². The van der Waals surface area contributed by atoms with Gasteiger partial charge in [0, 0.05) is 5.56 Å². The Balaban J connectivity index is 2.07. The summed E-state index contributed by atoms with van der Waals surface area (Å²) < 4.78 is 1.01. The lowest BCUT2D eigenvalue weighted by molar-refractivity contribution is -0.894. The minimum Gasteiger partial charge on any atom is -0.327 e. The number of hydrogen-bond acceptors (Lipinski definition) is 1. The van der Waals surface area contributed by atoms with Crippen LogP contribution < -0.4 is 0 Å². The third-order valence-electron chi connectivity index (χ3n) is 3.50. The maximum absolute atomic E-state index is 12.3. The van der Waals surface area contributed by atoms with Crippen LogP contribution in [0.2, 0.25) is 0 Å². The Morgan fingerprint density at radius 2 is 1.88 bits per heavy atom. The minimum absolute atomic E-state index is 0.174. The van der Waals surface area contributed by atoms with Crippen molar-refractivity contribution >= 4 is 5.91 Å². The van der Waals surface area contributed by atoms with E-state index in [9.17, 15) is 4.79 Å². The maximum atomic E-state index is 12.3. The van der Waals surface area contributed by atoms with Gasteiger partial charge in [0.1, 0.15) is 0 Å². The summed E-state index contributed by atoms with van der Waals surface area (Å²) in [7, 11) is 4.43. The van der Waals surface area contributed by atoms with Crippen molar-refractivity contribution in [2.24, 2.45) is 0 Å². The Labute approximate surface area is 103 Å². The molecule has 0 saturated carbocycles. The van der Waals surface area contributed by atoms with Gasteiger partial charge in [0.05, 0.1) is 40.3 Å². The van der Waals surface area contributed by atoms with Crippen LogP contribution in [0, 0.1) is 6.92 Å². The van der Waals surface area contributed by atoms with Crippen LogP contribution in [-0.2, 0) is 0 Å². The molecular formula is C14H21N2O+. The van der Waals surface area contributed by atoms with Gasteiger partial charge < -0.3 is 9.38 Å². The molecule has 3 heteroatoms. The van der Waals surface area contributed by atoms with Crippen LogP contribution >= 0.6 is 0 Å². The number of benzene rings is 1. The molecule has 92 valence electrons. The summed E-state index contributed by atoms with van der Waals surface area (Å²) in [6.07, 6.45) is 0. The highest BCUT2D eigenvalue weighted by atomic mass is 16.2. The highest BCUT2D eigenvalue weighted by Crippen LogP contribution is 2.12. The maximum Gasteiger partial charge on any atom is 0.254 e. The fourth-order valence-corrected chi connectivity index (χ4v) is 2.17. The average Bonchev–Trinajstić information content (AvgIpc) is 2.28. The Kier molecular flexibility index (Phi) is 3.20. The molecule has 1 aromatic rings. The molecule has 0 spiro atoms. The third-order valence-corrected chi connectivity index (χ3v) is 3.50. The zero-order valence-electron chi connectivity index (χ0n) is 10.9. The molecular weight excluding hydrogens is 212 g/mol. The molecule has 0 radical (unpaired) electrons. The molecule has 1 aliphatic rings. The highest BCUT2D eigenvalue weighted by Gasteiger charge is 2.27. The lowest BCUT2D eigenvalue weighted by Crippen LogP contribution is -2.56. The van der Waals surface area contributed by atoms with E-state index in [1.54, 1.807) is 0 Å². The van der Waals surface area contributed by atoms with Gasteiger partial charge in [-0.25, -0.2) is 0 Å². The zero-order valence-corrected chi connectivity index (χ0v) is 10.9. The lowest BCUT2D eigenvalue weighted by atomic mass is 10.1. The quantitative estimate of drug-likeness (QED) is 0.674. The van der Waals surface area contributed by atoms with Crippen LogP contribution in [0.5, 0.6) is 0 Å². The number of piperazine rings is 1. The molecule has 0 N–H and O–H groups in total. The number of aryl methyl sites for hydroxylation is 1. The first-order chi connectivity index (χ1) is 7.98. The minimum atomic E-state index is 0.174. The smallest absolute Gasteiger partial charge is 0.254 e. The summed E-state index contributed by atoms with van der Waals surface area (Å²) in [5.74, 6) is 0.174. The lowest BCUT2D eigenvalue weighted by Gasteiger charge is -2.39. The second-order valence-electron chi connectivity index (χ2n) is 5.54. The van der Waals surface area contributed by atoms with Crippen molar-refractivity contribution in [2.45, 2.75) is 6.92 Å². The number of rotatable bonds is 1. The topological polar surface area (TPSA) is 20.3 Å². The van der Waals surface area contributed by atoms with Crippen molar-refractivity contribution in [2.75, 3.05) is 40.3 Å². The van der Waals surface area contributed by atoms with Crippen LogP contribution in [0.4, 0.5) is 0 Å². The standard InChI is InChI=1S/C14H21N2O/c1-12-5-4-6-13(11-12)14(17)15-7-9-16(2,3)10-8-15/h4-6,11H,7-10H2,1-3H3/q+1. The molecule has 0 aromatic heterocycles. The first-order valence-corrected chi connectivity index (χ1v) is 6.16. The van der Waals surface area contributed by atoms with Gasteiger partial charge in [-0.05, 0) is 19.1 Å². The second-order valence-corrected chi connectivity index (χ2v) is 5.54. The fourth-order valence-electron chi connectivity index (χ4n) is 2.17. The van der Waals surface area contributed by atoms with E-state index in [2.05, 4.69) is 14.1 Å². The average molecular weight is 233 g/mol. The van der Waals surface area contributed by atoms with Crippen LogP contribution in [0.3, 0.4) is 0 Å². The number of carbonyl (C=O) groups excluding carboxylic acids is 1. The molecule has 1 aliphatic heterocycles. The zero-order chi connectivity index (χ0) is 12.5. The van der Waals surface area contributed by atoms with E-state index in [0.29, 0.717) is 0 Å². The molecule has 0 unspecified atom stereocenters. The molecule has 0 aliphatic carbocycles. The molecule has 3 nitrogen and oxygen atoms in total. The van der Waals surface area contributed by atoms with Crippen molar-refractivity contribution in [3.05, 3.63) is 35.4 Å². The molecule has 2 rings (SSSR count). The van der Waals surface area contributed by atoms with E-state index in [1.807, 2.05) is 36.1 Å². The SMILES string of the molecule is Cc1cccc(C(=O)N2CC[N+](C)(C)CC2)c1. The molecule has 1 fully saturated rings. The third kappa shape index (κ3) is 2.86. The molecule has 1 aromatic carbocycles. The van der Waals surface area contributed by atoms with Crippen LogP contribution in [-0.4, -0.2) is 55.6 Å². The molecule has 0 atom stereocenters. The second kappa shape index (κ2) is 4.49. The summed E-state index contributed by atoms with van der Waals surface area (Å²) in [4.78, 5) is 14.3. The van der Waals surface area contributed by atoms with E-state index >= 15 is 0 Å². The Hall–Kier alpha value is -1.35. The first-order valence-electron chi connectivity index (χ1n) is 6.16. The summed E-state index contributed by atoms with van der Waals surface area (Å²) in [6, 6.07) is 7.85. The van der Waals surface area contributed by atoms with Crippen molar-refractivity contribution in [1.82, 2.24) is 4.90 Å². The number of hydrogen-bond donors (Lipinski definition) is 0. The monoisotopic (exact) mass is 233 g/mol. The predicted octanol–water partition coefficient (Wildman–Crippen LogP) is 1.53. The largest absolute Gasteiger partial charge is 0.327 e. The summed E-state index contributed by atoms with van der Waals surface area (Å²) >= 11 is 0. The normalized spacial score (nSPS) is 19.1. The van der Waals surface area contributed by atoms with Crippen LogP contribution in [0.25, 0.3) is 0 Å². The molecule has 1 saturated heterocycles. The van der Waals surface area contributed by atoms with Crippen LogP contribution in [0.1, 0.15) is 15.9 Å². The summed E-state index contributed by atoms with van der Waals surface area (Å²) in [5, 5.41) is 0. The summed E-state index contributed by atoms with van der Waals surface area (Å²) in [6.45, 7) is 5.82. The van der Waals surface area contributed by atoms with Gasteiger partial charge in [-0.15, -0.1) is 0 Å². The number of likely N-dealkylation sites (N-methyl/N-ethyl adjacent to an activating group) is 1. The van der Waals surface area contributed by atoms with Gasteiger partial charge in [0.25, 0.3) is 5.91 Å². The van der Waals surface area contributed by atoms with Crippen molar-refractivity contribution in [3.63, 3.8) is 0 Å². The number of amides is 1. The molecule has 1 heterocycles. The van der Waals surface area contributed by atoms with Gasteiger partial charge in [-0.1, -0.05) is 17.7 Å². The van der Waals surface area contributed by atoms with Gasteiger partial charge in [-0.3, -0.25) is 4.79 Å². The van der Waals surface area contributed by atoms with E-state index in [-0.39, 0.29) is 5.91 Å². The Morgan fingerprint density at radius 3 is 2.47 bits per heavy atom. The van der Waals surface area contributed by atoms with Crippen LogP contribution in [0.15, 0.2) is 24.3 Å². The van der Waals surface area contributed by atoms with Crippen molar-refractivity contribution in [1.29, 1.82) is 0 Å². The first kappa shape index (κ1) is 12.1. The van der Waals surface area contributed by atoms with Gasteiger partial charge in [-0.2, -0.15) is 0 Å². The molecule has 17 heavy (non-hydrogen) atoms. The predicted molar refractivity (Wildman–Crippen MR) is 68.9 cm³/mol.